The van der Waals surface area contributed by atoms with Crippen molar-refractivity contribution in [2.75, 3.05) is 6.54 Å². The summed E-state index contributed by atoms with van der Waals surface area (Å²) < 4.78 is 5.81. The average molecular weight is 346 g/mol. The summed E-state index contributed by atoms with van der Waals surface area (Å²) in [4.78, 5) is 12.3. The van der Waals surface area contributed by atoms with E-state index in [4.69, 9.17) is 16.3 Å². The van der Waals surface area contributed by atoms with Crippen LogP contribution >= 0.6 is 11.6 Å². The largest absolute Gasteiger partial charge is 0.481 e. The Bertz CT molecular complexity index is 655. The third-order valence-corrected chi connectivity index (χ3v) is 4.04. The van der Waals surface area contributed by atoms with Crippen LogP contribution in [-0.4, -0.2) is 18.6 Å². The molecule has 1 atom stereocenters. The highest BCUT2D eigenvalue weighted by molar-refractivity contribution is 6.30. The Morgan fingerprint density at radius 2 is 1.96 bits per heavy atom. The van der Waals surface area contributed by atoms with Gasteiger partial charge in [0.2, 0.25) is 0 Å². The molecule has 1 amide bonds. The molecule has 0 heterocycles. The fraction of sp³-hybridized carbons (Fsp3) is 0.350. The van der Waals surface area contributed by atoms with E-state index in [2.05, 4.69) is 5.32 Å². The Kier molecular flexibility index (Phi) is 7.13. The highest BCUT2D eigenvalue weighted by atomic mass is 35.5. The van der Waals surface area contributed by atoms with Crippen molar-refractivity contribution in [3.05, 3.63) is 64.7 Å². The van der Waals surface area contributed by atoms with Gasteiger partial charge in [-0.25, -0.2) is 0 Å². The molecule has 0 saturated carbocycles. The van der Waals surface area contributed by atoms with Crippen LogP contribution in [0, 0.1) is 6.92 Å². The summed E-state index contributed by atoms with van der Waals surface area (Å²) in [6.07, 6.45) is 1.97. The molecule has 4 heteroatoms. The van der Waals surface area contributed by atoms with Gasteiger partial charge < -0.3 is 10.1 Å². The average Bonchev–Trinajstić information content (AvgIpc) is 2.58. The monoisotopic (exact) mass is 345 g/mol. The number of benzene rings is 2. The second kappa shape index (κ2) is 9.33. The van der Waals surface area contributed by atoms with E-state index in [0.717, 1.165) is 29.2 Å². The fourth-order valence-corrected chi connectivity index (χ4v) is 2.57. The highest BCUT2D eigenvalue weighted by Gasteiger charge is 2.17. The maximum absolute atomic E-state index is 12.3. The van der Waals surface area contributed by atoms with Crippen LogP contribution in [-0.2, 0) is 11.2 Å². The second-order valence-electron chi connectivity index (χ2n) is 5.85. The minimum absolute atomic E-state index is 0.0601. The summed E-state index contributed by atoms with van der Waals surface area (Å²) in [6.45, 7) is 4.59. The van der Waals surface area contributed by atoms with Gasteiger partial charge in [0.05, 0.1) is 0 Å². The molecule has 1 unspecified atom stereocenters. The molecule has 0 radical (unpaired) electrons. The molecule has 3 nitrogen and oxygen atoms in total. The van der Waals surface area contributed by atoms with Gasteiger partial charge in [-0.1, -0.05) is 42.8 Å². The van der Waals surface area contributed by atoms with Crippen LogP contribution in [0.4, 0.5) is 0 Å². The lowest BCUT2D eigenvalue weighted by atomic mass is 10.1. The number of amides is 1. The van der Waals surface area contributed by atoms with Gasteiger partial charge in [-0.15, -0.1) is 0 Å². The van der Waals surface area contributed by atoms with Crippen LogP contribution in [0.3, 0.4) is 0 Å². The first kappa shape index (κ1) is 18.3. The van der Waals surface area contributed by atoms with Gasteiger partial charge in [-0.3, -0.25) is 4.79 Å². The molecule has 24 heavy (non-hydrogen) atoms. The first-order chi connectivity index (χ1) is 11.6. The SMILES string of the molecule is CCC(Oc1cccc(C)c1)C(=O)NCCCc1ccc(Cl)cc1. The number of aryl methyl sites for hydroxylation is 2. The minimum Gasteiger partial charge on any atom is -0.481 e. The van der Waals surface area contributed by atoms with Crippen molar-refractivity contribution in [2.45, 2.75) is 39.2 Å². The van der Waals surface area contributed by atoms with Gasteiger partial charge in [0.15, 0.2) is 6.10 Å². The molecule has 2 rings (SSSR count). The number of halogens is 1. The predicted molar refractivity (Wildman–Crippen MR) is 98.7 cm³/mol. The molecule has 0 aliphatic heterocycles. The molecular weight excluding hydrogens is 322 g/mol. The van der Waals surface area contributed by atoms with Crippen LogP contribution in [0.2, 0.25) is 5.02 Å². The first-order valence-electron chi connectivity index (χ1n) is 8.34. The van der Waals surface area contributed by atoms with E-state index in [-0.39, 0.29) is 5.91 Å². The van der Waals surface area contributed by atoms with E-state index in [1.807, 2.05) is 62.4 Å². The number of ether oxygens (including phenoxy) is 1. The van der Waals surface area contributed by atoms with Gasteiger partial charge in [0, 0.05) is 11.6 Å². The molecule has 2 aromatic rings. The quantitative estimate of drug-likeness (QED) is 0.712. The summed E-state index contributed by atoms with van der Waals surface area (Å²) >= 11 is 5.87. The number of carbonyl (C=O) groups is 1. The molecule has 0 saturated heterocycles. The van der Waals surface area contributed by atoms with E-state index in [1.54, 1.807) is 0 Å². The lowest BCUT2D eigenvalue weighted by Gasteiger charge is -2.17. The number of hydrogen-bond donors (Lipinski definition) is 1. The van der Waals surface area contributed by atoms with Crippen LogP contribution in [0.15, 0.2) is 48.5 Å². The topological polar surface area (TPSA) is 38.3 Å². The van der Waals surface area contributed by atoms with Gasteiger partial charge >= 0.3 is 0 Å². The van der Waals surface area contributed by atoms with Gasteiger partial charge in [0.1, 0.15) is 5.75 Å². The zero-order valence-electron chi connectivity index (χ0n) is 14.2. The Balaban J connectivity index is 1.76. The Morgan fingerprint density at radius 3 is 2.62 bits per heavy atom. The zero-order chi connectivity index (χ0) is 17.4. The molecule has 0 aliphatic carbocycles. The summed E-state index contributed by atoms with van der Waals surface area (Å²) in [7, 11) is 0. The maximum atomic E-state index is 12.3. The summed E-state index contributed by atoms with van der Waals surface area (Å²) in [6, 6.07) is 15.6. The van der Waals surface area contributed by atoms with Crippen molar-refractivity contribution in [1.29, 1.82) is 0 Å². The molecule has 2 aromatic carbocycles. The van der Waals surface area contributed by atoms with Crippen LogP contribution in [0.1, 0.15) is 30.9 Å². The molecule has 0 bridgehead atoms. The van der Waals surface area contributed by atoms with Crippen LogP contribution in [0.5, 0.6) is 5.75 Å². The fourth-order valence-electron chi connectivity index (χ4n) is 2.44. The van der Waals surface area contributed by atoms with Gasteiger partial charge in [-0.2, -0.15) is 0 Å². The van der Waals surface area contributed by atoms with E-state index in [9.17, 15) is 4.79 Å². The second-order valence-corrected chi connectivity index (χ2v) is 6.29. The Morgan fingerprint density at radius 1 is 1.21 bits per heavy atom. The van der Waals surface area contributed by atoms with Crippen molar-refractivity contribution >= 4 is 17.5 Å². The Hall–Kier alpha value is -2.00. The molecule has 0 fully saturated rings. The lowest BCUT2D eigenvalue weighted by molar-refractivity contribution is -0.128. The standard InChI is InChI=1S/C20H24ClNO2/c1-3-19(24-18-8-4-6-15(2)14-18)20(23)22-13-5-7-16-9-11-17(21)12-10-16/h4,6,8-12,14,19H,3,5,7,13H2,1-2H3,(H,22,23). The molecule has 0 aromatic heterocycles. The van der Waals surface area contributed by atoms with E-state index < -0.39 is 6.10 Å². The summed E-state index contributed by atoms with van der Waals surface area (Å²) in [5.74, 6) is 0.674. The molecule has 1 N–H and O–H groups in total. The van der Waals surface area contributed by atoms with Crippen LogP contribution < -0.4 is 10.1 Å². The van der Waals surface area contributed by atoms with Crippen LogP contribution in [0.25, 0.3) is 0 Å². The lowest BCUT2D eigenvalue weighted by Crippen LogP contribution is -2.38. The smallest absolute Gasteiger partial charge is 0.261 e. The molecule has 128 valence electrons. The van der Waals surface area contributed by atoms with Crippen molar-refractivity contribution < 1.29 is 9.53 Å². The molecule has 0 spiro atoms. The highest BCUT2D eigenvalue weighted by Crippen LogP contribution is 2.15. The van der Waals surface area contributed by atoms with E-state index in [0.29, 0.717) is 13.0 Å². The third kappa shape index (κ3) is 5.89. The molecular formula is C20H24ClNO2. The molecule has 0 aliphatic rings. The number of carbonyl (C=O) groups excluding carboxylic acids is 1. The minimum atomic E-state index is -0.456. The normalized spacial score (nSPS) is 11.8. The van der Waals surface area contributed by atoms with Gasteiger partial charge in [-0.05, 0) is 61.6 Å². The van der Waals surface area contributed by atoms with Crippen molar-refractivity contribution in [1.82, 2.24) is 5.32 Å². The summed E-state index contributed by atoms with van der Waals surface area (Å²) in [5.41, 5.74) is 2.34. The first-order valence-corrected chi connectivity index (χ1v) is 8.71. The van der Waals surface area contributed by atoms with E-state index >= 15 is 0 Å². The van der Waals surface area contributed by atoms with E-state index in [1.165, 1.54) is 5.56 Å². The Labute approximate surface area is 149 Å². The summed E-state index contributed by atoms with van der Waals surface area (Å²) in [5, 5.41) is 3.70. The van der Waals surface area contributed by atoms with Gasteiger partial charge in [0.25, 0.3) is 5.91 Å². The predicted octanol–water partition coefficient (Wildman–Crippen LogP) is 4.55. The third-order valence-electron chi connectivity index (χ3n) is 3.79. The van der Waals surface area contributed by atoms with Crippen molar-refractivity contribution in [3.63, 3.8) is 0 Å². The zero-order valence-corrected chi connectivity index (χ0v) is 15.0. The van der Waals surface area contributed by atoms with Crippen molar-refractivity contribution in [3.8, 4) is 5.75 Å². The number of nitrogens with one attached hydrogen (secondary N) is 1. The number of hydrogen-bond acceptors (Lipinski definition) is 2. The maximum Gasteiger partial charge on any atom is 0.261 e. The van der Waals surface area contributed by atoms with Crippen molar-refractivity contribution in [2.24, 2.45) is 0 Å². The number of rotatable bonds is 8.